The topological polar surface area (TPSA) is 26.0 Å². The Morgan fingerprint density at radius 3 is 2.50 bits per heavy atom. The van der Waals surface area contributed by atoms with Gasteiger partial charge in [0.25, 0.3) is 0 Å². The molecular weight excluding hydrogens is 333 g/mol. The quantitative estimate of drug-likeness (QED) is 0.833. The minimum absolute atomic E-state index is 0.0986. The largest absolute Gasteiger partial charge is 0.324 e. The van der Waals surface area contributed by atoms with Crippen molar-refractivity contribution in [2.24, 2.45) is 5.73 Å². The Labute approximate surface area is 125 Å². The molecule has 2 aromatic rings. The van der Waals surface area contributed by atoms with Gasteiger partial charge in [0, 0.05) is 20.6 Å². The maximum atomic E-state index is 6.19. The van der Waals surface area contributed by atoms with Crippen molar-refractivity contribution in [1.29, 1.82) is 0 Å². The molecule has 0 spiro atoms. The first-order valence-corrected chi connectivity index (χ1v) is 7.05. The van der Waals surface area contributed by atoms with E-state index < -0.39 is 0 Å². The van der Waals surface area contributed by atoms with Gasteiger partial charge in [-0.25, -0.2) is 0 Å². The Hall–Kier alpha value is -0.540. The molecule has 0 saturated carbocycles. The van der Waals surface area contributed by atoms with Gasteiger partial charge in [-0.3, -0.25) is 0 Å². The molecule has 2 rings (SSSR count). The van der Waals surface area contributed by atoms with Gasteiger partial charge in [-0.2, -0.15) is 0 Å². The Bertz CT molecular complexity index is 537. The van der Waals surface area contributed by atoms with Crippen LogP contribution in [0.5, 0.6) is 0 Å². The molecule has 94 valence electrons. The van der Waals surface area contributed by atoms with Gasteiger partial charge in [0.15, 0.2) is 0 Å². The summed E-state index contributed by atoms with van der Waals surface area (Å²) in [7, 11) is 0. The minimum Gasteiger partial charge on any atom is -0.324 e. The monoisotopic (exact) mass is 343 g/mol. The molecule has 2 N–H and O–H groups in total. The third kappa shape index (κ3) is 3.72. The van der Waals surface area contributed by atoms with E-state index in [2.05, 4.69) is 15.9 Å². The SMILES string of the molecule is NC(Cc1cccc(Cl)c1)c1cc(Cl)cc(Br)c1. The maximum absolute atomic E-state index is 6.19. The molecular formula is C14H12BrCl2N. The van der Waals surface area contributed by atoms with Gasteiger partial charge >= 0.3 is 0 Å². The van der Waals surface area contributed by atoms with Crippen molar-refractivity contribution in [2.45, 2.75) is 12.5 Å². The number of nitrogens with two attached hydrogens (primary N) is 1. The molecule has 2 aromatic carbocycles. The molecule has 4 heteroatoms. The first-order valence-electron chi connectivity index (χ1n) is 5.50. The lowest BCUT2D eigenvalue weighted by molar-refractivity contribution is 0.721. The van der Waals surface area contributed by atoms with Gasteiger partial charge in [-0.15, -0.1) is 0 Å². The molecule has 0 saturated heterocycles. The van der Waals surface area contributed by atoms with Crippen molar-refractivity contribution in [3.63, 3.8) is 0 Å². The molecule has 1 atom stereocenters. The fraction of sp³-hybridized carbons (Fsp3) is 0.143. The van der Waals surface area contributed by atoms with Crippen LogP contribution in [-0.4, -0.2) is 0 Å². The van der Waals surface area contributed by atoms with Crippen LogP contribution in [0.3, 0.4) is 0 Å². The van der Waals surface area contributed by atoms with Crippen LogP contribution in [0.1, 0.15) is 17.2 Å². The van der Waals surface area contributed by atoms with Crippen LogP contribution in [0.2, 0.25) is 10.0 Å². The summed E-state index contributed by atoms with van der Waals surface area (Å²) in [5.74, 6) is 0. The summed E-state index contributed by atoms with van der Waals surface area (Å²) in [6.07, 6.45) is 0.730. The van der Waals surface area contributed by atoms with E-state index in [1.54, 1.807) is 0 Å². The van der Waals surface area contributed by atoms with Crippen LogP contribution >= 0.6 is 39.1 Å². The van der Waals surface area contributed by atoms with Gasteiger partial charge in [-0.05, 0) is 47.9 Å². The van der Waals surface area contributed by atoms with Crippen LogP contribution in [0, 0.1) is 0 Å². The Morgan fingerprint density at radius 1 is 1.06 bits per heavy atom. The molecule has 0 aliphatic rings. The second kappa shape index (κ2) is 6.07. The summed E-state index contributed by atoms with van der Waals surface area (Å²) >= 11 is 15.4. The Kier molecular flexibility index (Phi) is 4.68. The second-order valence-electron chi connectivity index (χ2n) is 4.14. The number of hydrogen-bond acceptors (Lipinski definition) is 1. The standard InChI is InChI=1S/C14H12BrCl2N/c15-11-6-10(7-13(17)8-11)14(18)5-9-2-1-3-12(16)4-9/h1-4,6-8,14H,5,18H2. The normalized spacial score (nSPS) is 12.4. The van der Waals surface area contributed by atoms with Gasteiger partial charge in [-0.1, -0.05) is 51.3 Å². The van der Waals surface area contributed by atoms with Crippen molar-refractivity contribution in [1.82, 2.24) is 0 Å². The summed E-state index contributed by atoms with van der Waals surface area (Å²) in [5, 5.41) is 1.41. The molecule has 18 heavy (non-hydrogen) atoms. The third-order valence-corrected chi connectivity index (χ3v) is 3.57. The molecule has 0 radical (unpaired) electrons. The Balaban J connectivity index is 2.19. The number of hydrogen-bond donors (Lipinski definition) is 1. The molecule has 0 aliphatic carbocycles. The van der Waals surface area contributed by atoms with Crippen molar-refractivity contribution >= 4 is 39.1 Å². The molecule has 0 fully saturated rings. The van der Waals surface area contributed by atoms with Crippen LogP contribution in [0.15, 0.2) is 46.9 Å². The Morgan fingerprint density at radius 2 is 1.83 bits per heavy atom. The van der Waals surface area contributed by atoms with E-state index in [4.69, 9.17) is 28.9 Å². The second-order valence-corrected chi connectivity index (χ2v) is 5.93. The first-order chi connectivity index (χ1) is 8.54. The van der Waals surface area contributed by atoms with E-state index >= 15 is 0 Å². The average Bonchev–Trinajstić information content (AvgIpc) is 2.27. The average molecular weight is 345 g/mol. The third-order valence-electron chi connectivity index (χ3n) is 2.66. The maximum Gasteiger partial charge on any atom is 0.0420 e. The zero-order chi connectivity index (χ0) is 13.1. The van der Waals surface area contributed by atoms with Gasteiger partial charge in [0.05, 0.1) is 0 Å². The summed E-state index contributed by atoms with van der Waals surface area (Å²) in [4.78, 5) is 0. The molecule has 0 aliphatic heterocycles. The van der Waals surface area contributed by atoms with E-state index in [-0.39, 0.29) is 6.04 Å². The van der Waals surface area contributed by atoms with E-state index in [0.29, 0.717) is 5.02 Å². The summed E-state index contributed by atoms with van der Waals surface area (Å²) in [6.45, 7) is 0. The lowest BCUT2D eigenvalue weighted by Crippen LogP contribution is -2.13. The highest BCUT2D eigenvalue weighted by atomic mass is 79.9. The lowest BCUT2D eigenvalue weighted by Gasteiger charge is -2.13. The predicted octanol–water partition coefficient (Wildman–Crippen LogP) is 5.00. The molecule has 0 heterocycles. The van der Waals surface area contributed by atoms with Crippen molar-refractivity contribution < 1.29 is 0 Å². The van der Waals surface area contributed by atoms with Gasteiger partial charge in [0.2, 0.25) is 0 Å². The highest BCUT2D eigenvalue weighted by Crippen LogP contribution is 2.25. The van der Waals surface area contributed by atoms with E-state index in [1.807, 2.05) is 42.5 Å². The summed E-state index contributed by atoms with van der Waals surface area (Å²) < 4.78 is 0.937. The predicted molar refractivity (Wildman–Crippen MR) is 81.2 cm³/mol. The van der Waals surface area contributed by atoms with Crippen LogP contribution in [0.25, 0.3) is 0 Å². The van der Waals surface area contributed by atoms with Crippen LogP contribution in [-0.2, 0) is 6.42 Å². The summed E-state index contributed by atoms with van der Waals surface area (Å²) in [5.41, 5.74) is 8.32. The zero-order valence-electron chi connectivity index (χ0n) is 9.54. The van der Waals surface area contributed by atoms with Gasteiger partial charge < -0.3 is 5.73 Å². The smallest absolute Gasteiger partial charge is 0.0420 e. The van der Waals surface area contributed by atoms with Crippen LogP contribution in [0.4, 0.5) is 0 Å². The van der Waals surface area contributed by atoms with E-state index in [1.165, 1.54) is 0 Å². The number of halogens is 3. The molecule has 0 aromatic heterocycles. The highest BCUT2D eigenvalue weighted by Gasteiger charge is 2.09. The molecule has 1 nitrogen and oxygen atoms in total. The van der Waals surface area contributed by atoms with Crippen molar-refractivity contribution in [3.05, 3.63) is 68.1 Å². The van der Waals surface area contributed by atoms with E-state index in [0.717, 1.165) is 27.0 Å². The van der Waals surface area contributed by atoms with E-state index in [9.17, 15) is 0 Å². The minimum atomic E-state index is -0.0986. The molecule has 1 unspecified atom stereocenters. The first kappa shape index (κ1) is 13.9. The lowest BCUT2D eigenvalue weighted by atomic mass is 10.00. The fourth-order valence-corrected chi connectivity index (χ4v) is 2.92. The molecule has 0 amide bonds. The molecule has 0 bridgehead atoms. The number of benzene rings is 2. The van der Waals surface area contributed by atoms with Crippen LogP contribution < -0.4 is 5.73 Å². The van der Waals surface area contributed by atoms with Gasteiger partial charge in [0.1, 0.15) is 0 Å². The van der Waals surface area contributed by atoms with Crippen molar-refractivity contribution in [3.8, 4) is 0 Å². The van der Waals surface area contributed by atoms with Crippen molar-refractivity contribution in [2.75, 3.05) is 0 Å². The number of rotatable bonds is 3. The zero-order valence-corrected chi connectivity index (χ0v) is 12.6. The summed E-state index contributed by atoms with van der Waals surface area (Å²) in [6, 6.07) is 13.4. The fourth-order valence-electron chi connectivity index (χ4n) is 1.82. The highest BCUT2D eigenvalue weighted by molar-refractivity contribution is 9.10.